The average Bonchev–Trinajstić information content (AvgIpc) is 2.89. The summed E-state index contributed by atoms with van der Waals surface area (Å²) in [5.41, 5.74) is 1.88. The van der Waals surface area contributed by atoms with Crippen molar-refractivity contribution in [1.82, 2.24) is 9.97 Å². The average molecular weight is 344 g/mol. The third-order valence-electron chi connectivity index (χ3n) is 3.73. The molecule has 0 aliphatic carbocycles. The van der Waals surface area contributed by atoms with Gasteiger partial charge < -0.3 is 14.5 Å². The van der Waals surface area contributed by atoms with Crippen LogP contribution in [-0.4, -0.2) is 40.4 Å². The number of aromatic amines is 1. The van der Waals surface area contributed by atoms with E-state index in [1.807, 2.05) is 0 Å². The Morgan fingerprint density at radius 3 is 2.40 bits per heavy atom. The van der Waals surface area contributed by atoms with Gasteiger partial charge in [0.2, 0.25) is 5.78 Å². The van der Waals surface area contributed by atoms with Crippen molar-refractivity contribution >= 4 is 17.7 Å². The van der Waals surface area contributed by atoms with E-state index in [1.54, 1.807) is 20.8 Å². The second-order valence-electron chi connectivity index (χ2n) is 5.49. The molecule has 0 saturated carbocycles. The van der Waals surface area contributed by atoms with Crippen molar-refractivity contribution in [3.05, 3.63) is 52.6 Å². The first-order valence-corrected chi connectivity index (χ1v) is 7.88. The fourth-order valence-corrected chi connectivity index (χ4v) is 2.48. The maximum atomic E-state index is 12.6. The first-order valence-electron chi connectivity index (χ1n) is 7.88. The van der Waals surface area contributed by atoms with Gasteiger partial charge in [0.1, 0.15) is 0 Å². The molecule has 2 rings (SSSR count). The van der Waals surface area contributed by atoms with Gasteiger partial charge in [0, 0.05) is 18.1 Å². The summed E-state index contributed by atoms with van der Waals surface area (Å²) in [4.78, 5) is 43.4. The number of esters is 2. The maximum Gasteiger partial charge on any atom is 0.340 e. The van der Waals surface area contributed by atoms with Crippen LogP contribution < -0.4 is 0 Å². The number of nitrogens with one attached hydrogen (secondary N) is 1. The summed E-state index contributed by atoms with van der Waals surface area (Å²) in [7, 11) is 0. The van der Waals surface area contributed by atoms with Crippen molar-refractivity contribution in [2.45, 2.75) is 33.8 Å². The number of aromatic nitrogens is 2. The molecule has 0 aliphatic heterocycles. The lowest BCUT2D eigenvalue weighted by atomic mass is 10.1. The van der Waals surface area contributed by atoms with Gasteiger partial charge >= 0.3 is 11.9 Å². The Morgan fingerprint density at radius 2 is 1.80 bits per heavy atom. The van der Waals surface area contributed by atoms with Crippen LogP contribution >= 0.6 is 0 Å². The van der Waals surface area contributed by atoms with Gasteiger partial charge in [-0.1, -0.05) is 0 Å². The molecular weight excluding hydrogens is 324 g/mol. The molecule has 2 aromatic heterocycles. The molecule has 0 amide bonds. The van der Waals surface area contributed by atoms with Crippen LogP contribution in [0.25, 0.3) is 0 Å². The minimum Gasteiger partial charge on any atom is -0.462 e. The standard InChI is InChI=1S/C18H20N2O5/c1-5-24-18(23)14-10(2)15(20-11(14)3)16(21)12(4)25-17(22)13-6-8-19-9-7-13/h6-9,12,20H,5H2,1-4H3/t12-/m0/s1. The molecule has 0 fully saturated rings. The Bertz CT molecular complexity index is 795. The van der Waals surface area contributed by atoms with Gasteiger partial charge in [-0.3, -0.25) is 9.78 Å². The fourth-order valence-electron chi connectivity index (χ4n) is 2.48. The van der Waals surface area contributed by atoms with Crippen molar-refractivity contribution in [3.8, 4) is 0 Å². The normalized spacial score (nSPS) is 11.7. The second kappa shape index (κ2) is 7.74. The second-order valence-corrected chi connectivity index (χ2v) is 5.49. The van der Waals surface area contributed by atoms with E-state index < -0.39 is 23.8 Å². The van der Waals surface area contributed by atoms with Crippen LogP contribution in [0.5, 0.6) is 0 Å². The minimum atomic E-state index is -1.01. The maximum absolute atomic E-state index is 12.6. The Hall–Kier alpha value is -2.96. The molecule has 2 heterocycles. The summed E-state index contributed by atoms with van der Waals surface area (Å²) in [6, 6.07) is 3.00. The first-order chi connectivity index (χ1) is 11.9. The predicted molar refractivity (Wildman–Crippen MR) is 89.7 cm³/mol. The number of H-pyrrole nitrogens is 1. The molecule has 132 valence electrons. The molecule has 25 heavy (non-hydrogen) atoms. The number of carbonyl (C=O) groups excluding carboxylic acids is 3. The predicted octanol–water partition coefficient (Wildman–Crippen LogP) is 2.63. The zero-order valence-corrected chi connectivity index (χ0v) is 14.6. The van der Waals surface area contributed by atoms with Crippen LogP contribution in [0.4, 0.5) is 0 Å². The zero-order chi connectivity index (χ0) is 18.6. The summed E-state index contributed by atoms with van der Waals surface area (Å²) < 4.78 is 10.2. The summed E-state index contributed by atoms with van der Waals surface area (Å²) in [6.07, 6.45) is 1.92. The lowest BCUT2D eigenvalue weighted by Gasteiger charge is -2.12. The summed E-state index contributed by atoms with van der Waals surface area (Å²) in [5, 5.41) is 0. The van der Waals surface area contributed by atoms with Crippen LogP contribution in [-0.2, 0) is 9.47 Å². The van der Waals surface area contributed by atoms with E-state index in [0.717, 1.165) is 0 Å². The molecule has 0 aliphatic rings. The van der Waals surface area contributed by atoms with E-state index in [4.69, 9.17) is 9.47 Å². The number of ketones is 1. The van der Waals surface area contributed by atoms with E-state index in [1.165, 1.54) is 31.5 Å². The highest BCUT2D eigenvalue weighted by molar-refractivity contribution is 6.04. The molecule has 0 aromatic carbocycles. The number of ether oxygens (including phenoxy) is 2. The number of nitrogens with zero attached hydrogens (tertiary/aromatic N) is 1. The van der Waals surface area contributed by atoms with Crippen LogP contribution in [0.2, 0.25) is 0 Å². The van der Waals surface area contributed by atoms with Gasteiger partial charge in [0.25, 0.3) is 0 Å². The van der Waals surface area contributed by atoms with E-state index in [-0.39, 0.29) is 12.3 Å². The molecular formula is C18H20N2O5. The molecule has 0 radical (unpaired) electrons. The number of Topliss-reactive ketones (excluding diaryl/α,β-unsaturated/α-hetero) is 1. The molecule has 7 nitrogen and oxygen atoms in total. The summed E-state index contributed by atoms with van der Waals surface area (Å²) in [6.45, 7) is 6.78. The third-order valence-corrected chi connectivity index (χ3v) is 3.73. The number of carbonyl (C=O) groups is 3. The number of aryl methyl sites for hydroxylation is 1. The van der Waals surface area contributed by atoms with Crippen molar-refractivity contribution in [1.29, 1.82) is 0 Å². The van der Waals surface area contributed by atoms with Crippen LogP contribution in [0.1, 0.15) is 56.3 Å². The molecule has 0 unspecified atom stereocenters. The Morgan fingerprint density at radius 1 is 1.16 bits per heavy atom. The van der Waals surface area contributed by atoms with Crippen molar-refractivity contribution < 1.29 is 23.9 Å². The third kappa shape index (κ3) is 3.93. The van der Waals surface area contributed by atoms with Crippen LogP contribution in [0, 0.1) is 13.8 Å². The zero-order valence-electron chi connectivity index (χ0n) is 14.6. The molecule has 2 aromatic rings. The van der Waals surface area contributed by atoms with Crippen molar-refractivity contribution in [2.75, 3.05) is 6.61 Å². The SMILES string of the molecule is CCOC(=O)c1c(C)[nH]c(C(=O)[C@H](C)OC(=O)c2ccncc2)c1C. The smallest absolute Gasteiger partial charge is 0.340 e. The topological polar surface area (TPSA) is 98.4 Å². The first kappa shape index (κ1) is 18.4. The molecule has 0 saturated heterocycles. The highest BCUT2D eigenvalue weighted by atomic mass is 16.5. The number of hydrogen-bond donors (Lipinski definition) is 1. The van der Waals surface area contributed by atoms with Crippen molar-refractivity contribution in [3.63, 3.8) is 0 Å². The van der Waals surface area contributed by atoms with E-state index in [2.05, 4.69) is 9.97 Å². The van der Waals surface area contributed by atoms with E-state index in [0.29, 0.717) is 22.4 Å². The Labute approximate surface area is 145 Å². The lowest BCUT2D eigenvalue weighted by Crippen LogP contribution is -2.25. The van der Waals surface area contributed by atoms with E-state index >= 15 is 0 Å². The Balaban J connectivity index is 2.19. The number of rotatable bonds is 6. The van der Waals surface area contributed by atoms with Gasteiger partial charge in [-0.15, -0.1) is 0 Å². The van der Waals surface area contributed by atoms with Gasteiger partial charge in [-0.25, -0.2) is 9.59 Å². The monoisotopic (exact) mass is 344 g/mol. The number of pyridine rings is 1. The minimum absolute atomic E-state index is 0.232. The highest BCUT2D eigenvalue weighted by Gasteiger charge is 2.27. The van der Waals surface area contributed by atoms with Crippen LogP contribution in [0.3, 0.4) is 0 Å². The van der Waals surface area contributed by atoms with Crippen molar-refractivity contribution in [2.24, 2.45) is 0 Å². The lowest BCUT2D eigenvalue weighted by molar-refractivity contribution is 0.0316. The Kier molecular flexibility index (Phi) is 5.69. The van der Waals surface area contributed by atoms with Gasteiger partial charge in [0.15, 0.2) is 6.10 Å². The molecule has 7 heteroatoms. The van der Waals surface area contributed by atoms with E-state index in [9.17, 15) is 14.4 Å². The molecule has 0 bridgehead atoms. The summed E-state index contributed by atoms with van der Waals surface area (Å²) >= 11 is 0. The summed E-state index contributed by atoms with van der Waals surface area (Å²) in [5.74, 6) is -1.53. The molecule has 1 N–H and O–H groups in total. The highest BCUT2D eigenvalue weighted by Crippen LogP contribution is 2.21. The van der Waals surface area contributed by atoms with Gasteiger partial charge in [-0.05, 0) is 45.4 Å². The fraction of sp³-hybridized carbons (Fsp3) is 0.333. The van der Waals surface area contributed by atoms with Gasteiger partial charge in [0.05, 0.1) is 23.4 Å². The largest absolute Gasteiger partial charge is 0.462 e. The molecule has 1 atom stereocenters. The van der Waals surface area contributed by atoms with Crippen LogP contribution in [0.15, 0.2) is 24.5 Å². The molecule has 0 spiro atoms. The quantitative estimate of drug-likeness (QED) is 0.639. The number of hydrogen-bond acceptors (Lipinski definition) is 6. The van der Waals surface area contributed by atoms with Gasteiger partial charge in [-0.2, -0.15) is 0 Å².